The normalized spacial score (nSPS) is 43.6. The first kappa shape index (κ1) is 11.3. The maximum Gasteiger partial charge on any atom is 0.335 e. The van der Waals surface area contributed by atoms with E-state index in [9.17, 15) is 9.90 Å². The number of hydrogen-bond donors (Lipinski definition) is 4. The van der Waals surface area contributed by atoms with Gasteiger partial charge in [-0.1, -0.05) is 0 Å². The summed E-state index contributed by atoms with van der Waals surface area (Å²) in [6.45, 7) is 0. The number of methoxy groups -OCH3 is 1. The van der Waals surface area contributed by atoms with Gasteiger partial charge in [-0.2, -0.15) is 0 Å². The van der Waals surface area contributed by atoms with Gasteiger partial charge in [-0.15, -0.1) is 0 Å². The molecule has 1 saturated heterocycles. The second kappa shape index (κ2) is 4.20. The highest BCUT2D eigenvalue weighted by Gasteiger charge is 2.47. The van der Waals surface area contributed by atoms with Crippen LogP contribution in [0.1, 0.15) is 0 Å². The molecule has 1 rings (SSSR count). The molecule has 82 valence electrons. The Morgan fingerprint density at radius 3 is 2.29 bits per heavy atom. The fourth-order valence-electron chi connectivity index (χ4n) is 1.31. The van der Waals surface area contributed by atoms with Gasteiger partial charge in [0.1, 0.15) is 18.3 Å². The van der Waals surface area contributed by atoms with Gasteiger partial charge in [-0.3, -0.25) is 0 Å². The minimum Gasteiger partial charge on any atom is -0.479 e. The Bertz CT molecular complexity index is 218. The van der Waals surface area contributed by atoms with E-state index >= 15 is 0 Å². The Morgan fingerprint density at radius 1 is 1.29 bits per heavy atom. The third kappa shape index (κ3) is 1.86. The van der Waals surface area contributed by atoms with Crippen LogP contribution in [-0.4, -0.2) is 64.2 Å². The summed E-state index contributed by atoms with van der Waals surface area (Å²) < 4.78 is 9.22. The molecule has 0 aliphatic carbocycles. The average molecular weight is 208 g/mol. The fourth-order valence-corrected chi connectivity index (χ4v) is 1.31. The monoisotopic (exact) mass is 208 g/mol. The Balaban J connectivity index is 2.82. The number of ether oxygens (including phenoxy) is 2. The molecule has 1 aliphatic heterocycles. The third-order valence-electron chi connectivity index (χ3n) is 2.08. The van der Waals surface area contributed by atoms with E-state index in [2.05, 4.69) is 9.47 Å². The lowest BCUT2D eigenvalue weighted by molar-refractivity contribution is -0.283. The van der Waals surface area contributed by atoms with Crippen molar-refractivity contribution in [3.8, 4) is 0 Å². The minimum atomic E-state index is -1.72. The quantitative estimate of drug-likeness (QED) is 0.397. The Hall–Kier alpha value is -0.730. The molecule has 0 unspecified atom stereocenters. The lowest BCUT2D eigenvalue weighted by Crippen LogP contribution is -2.60. The highest BCUT2D eigenvalue weighted by atomic mass is 16.7. The van der Waals surface area contributed by atoms with Crippen LogP contribution in [0.3, 0.4) is 0 Å². The molecule has 1 fully saturated rings. The molecule has 14 heavy (non-hydrogen) atoms. The molecule has 0 radical (unpaired) electrons. The summed E-state index contributed by atoms with van der Waals surface area (Å²) in [5, 5.41) is 36.2. The van der Waals surface area contributed by atoms with Crippen LogP contribution in [0.25, 0.3) is 0 Å². The van der Waals surface area contributed by atoms with Gasteiger partial charge >= 0.3 is 5.97 Å². The van der Waals surface area contributed by atoms with E-state index in [0.29, 0.717) is 0 Å². The standard InChI is InChI=1S/C7H12O7/c1-13-4-2(8)3(9)7(12)14-5(4)6(10)11/h2-5,7-9,12H,1H3,(H,10,11)/t2-,3-,4+,5-,7+/m1/s1. The smallest absolute Gasteiger partial charge is 0.335 e. The Labute approximate surface area is 79.5 Å². The molecular weight excluding hydrogens is 196 g/mol. The van der Waals surface area contributed by atoms with Crippen LogP contribution in [0.5, 0.6) is 0 Å². The topological polar surface area (TPSA) is 116 Å². The van der Waals surface area contributed by atoms with Crippen molar-refractivity contribution < 1.29 is 34.7 Å². The predicted octanol–water partition coefficient (Wildman–Crippen LogP) is -2.47. The molecule has 0 bridgehead atoms. The van der Waals surface area contributed by atoms with Gasteiger partial charge in [-0.05, 0) is 0 Å². The zero-order chi connectivity index (χ0) is 10.9. The van der Waals surface area contributed by atoms with Crippen molar-refractivity contribution in [2.75, 3.05) is 7.11 Å². The summed E-state index contributed by atoms with van der Waals surface area (Å²) in [6.07, 6.45) is -7.49. The molecule has 0 aromatic heterocycles. The Morgan fingerprint density at radius 2 is 1.86 bits per heavy atom. The van der Waals surface area contributed by atoms with Gasteiger partial charge in [0.15, 0.2) is 12.4 Å². The average Bonchev–Trinajstić information content (AvgIpc) is 2.13. The van der Waals surface area contributed by atoms with E-state index in [1.807, 2.05) is 0 Å². The second-order valence-electron chi connectivity index (χ2n) is 2.97. The number of carboxylic acid groups (broad SMARTS) is 1. The van der Waals surface area contributed by atoms with Gasteiger partial charge in [-0.25, -0.2) is 4.79 Å². The molecule has 0 amide bonds. The summed E-state index contributed by atoms with van der Waals surface area (Å²) in [5.74, 6) is -1.37. The van der Waals surface area contributed by atoms with E-state index in [4.69, 9.17) is 15.3 Å². The van der Waals surface area contributed by atoms with Crippen molar-refractivity contribution in [2.45, 2.75) is 30.7 Å². The fraction of sp³-hybridized carbons (Fsp3) is 0.857. The molecular formula is C7H12O7. The van der Waals surface area contributed by atoms with Crippen molar-refractivity contribution in [2.24, 2.45) is 0 Å². The van der Waals surface area contributed by atoms with E-state index in [1.165, 1.54) is 7.11 Å². The van der Waals surface area contributed by atoms with Crippen LogP contribution < -0.4 is 0 Å². The van der Waals surface area contributed by atoms with Crippen LogP contribution in [0.4, 0.5) is 0 Å². The van der Waals surface area contributed by atoms with Crippen molar-refractivity contribution in [1.82, 2.24) is 0 Å². The molecule has 7 nitrogen and oxygen atoms in total. The van der Waals surface area contributed by atoms with Gasteiger partial charge in [0.2, 0.25) is 0 Å². The summed E-state index contributed by atoms with van der Waals surface area (Å²) in [4.78, 5) is 10.6. The number of aliphatic hydroxyl groups is 3. The molecule has 0 spiro atoms. The van der Waals surface area contributed by atoms with Crippen molar-refractivity contribution in [1.29, 1.82) is 0 Å². The third-order valence-corrected chi connectivity index (χ3v) is 2.08. The lowest BCUT2D eigenvalue weighted by atomic mass is 9.99. The summed E-state index contributed by atoms with van der Waals surface area (Å²) in [5.41, 5.74) is 0. The number of carboxylic acids is 1. The number of aliphatic carboxylic acids is 1. The Kier molecular flexibility index (Phi) is 3.40. The zero-order valence-electron chi connectivity index (χ0n) is 7.40. The van der Waals surface area contributed by atoms with E-state index in [-0.39, 0.29) is 0 Å². The molecule has 0 aromatic carbocycles. The maximum atomic E-state index is 10.6. The molecule has 1 aliphatic rings. The van der Waals surface area contributed by atoms with Crippen LogP contribution in [-0.2, 0) is 14.3 Å². The number of rotatable bonds is 2. The van der Waals surface area contributed by atoms with Crippen LogP contribution in [0.2, 0.25) is 0 Å². The largest absolute Gasteiger partial charge is 0.479 e. The van der Waals surface area contributed by atoms with E-state index in [1.54, 1.807) is 0 Å². The summed E-state index contributed by atoms with van der Waals surface area (Å²) >= 11 is 0. The van der Waals surface area contributed by atoms with E-state index in [0.717, 1.165) is 0 Å². The molecule has 0 saturated carbocycles. The van der Waals surface area contributed by atoms with Crippen molar-refractivity contribution >= 4 is 5.97 Å². The van der Waals surface area contributed by atoms with Gasteiger partial charge in [0, 0.05) is 7.11 Å². The number of aliphatic hydroxyl groups excluding tert-OH is 3. The highest BCUT2D eigenvalue weighted by Crippen LogP contribution is 2.21. The van der Waals surface area contributed by atoms with Crippen molar-refractivity contribution in [3.63, 3.8) is 0 Å². The van der Waals surface area contributed by atoms with Gasteiger partial charge in [0.05, 0.1) is 0 Å². The van der Waals surface area contributed by atoms with Crippen LogP contribution in [0.15, 0.2) is 0 Å². The molecule has 5 atom stereocenters. The maximum absolute atomic E-state index is 10.6. The summed E-state index contributed by atoms with van der Waals surface area (Å²) in [7, 11) is 1.18. The van der Waals surface area contributed by atoms with E-state index < -0.39 is 36.7 Å². The van der Waals surface area contributed by atoms with Crippen LogP contribution in [0, 0.1) is 0 Å². The van der Waals surface area contributed by atoms with Crippen LogP contribution >= 0.6 is 0 Å². The molecule has 4 N–H and O–H groups in total. The minimum absolute atomic E-state index is 1.18. The zero-order valence-corrected chi connectivity index (χ0v) is 7.40. The van der Waals surface area contributed by atoms with Gasteiger partial charge < -0.3 is 29.9 Å². The first-order valence-corrected chi connectivity index (χ1v) is 3.94. The first-order valence-electron chi connectivity index (χ1n) is 3.94. The number of hydrogen-bond acceptors (Lipinski definition) is 6. The highest BCUT2D eigenvalue weighted by molar-refractivity contribution is 5.73. The number of carbonyl (C=O) groups is 1. The second-order valence-corrected chi connectivity index (χ2v) is 2.97. The van der Waals surface area contributed by atoms with Gasteiger partial charge in [0.25, 0.3) is 0 Å². The SMILES string of the molecule is CO[C@H]1[C@H](O)[C@@H](O)[C@@H](O)O[C@H]1C(=O)O. The molecule has 7 heteroatoms. The van der Waals surface area contributed by atoms with Crippen molar-refractivity contribution in [3.05, 3.63) is 0 Å². The summed E-state index contributed by atoms with van der Waals surface area (Å²) in [6, 6.07) is 0. The predicted molar refractivity (Wildman–Crippen MR) is 41.3 cm³/mol. The first-order chi connectivity index (χ1) is 6.49. The molecule has 1 heterocycles. The lowest BCUT2D eigenvalue weighted by Gasteiger charge is -2.37. The molecule has 0 aromatic rings.